The lowest BCUT2D eigenvalue weighted by atomic mass is 10.1. The fourth-order valence-corrected chi connectivity index (χ4v) is 3.01. The number of aliphatic imine (C=N–C) groups is 1. The quantitative estimate of drug-likeness (QED) is 0.723. The van der Waals surface area contributed by atoms with Crippen molar-refractivity contribution in [3.05, 3.63) is 88.2 Å². The summed E-state index contributed by atoms with van der Waals surface area (Å²) >= 11 is 0. The molecular weight excluding hydrogens is 379 g/mol. The van der Waals surface area contributed by atoms with Crippen LogP contribution in [-0.4, -0.2) is 18.0 Å². The van der Waals surface area contributed by atoms with Crippen molar-refractivity contribution < 1.29 is 17.9 Å². The number of nitrogens with zero attached hydrogens (tertiary/aromatic N) is 2. The van der Waals surface area contributed by atoms with E-state index in [9.17, 15) is 13.2 Å². The van der Waals surface area contributed by atoms with Crippen molar-refractivity contribution in [2.45, 2.75) is 27.3 Å². The molecule has 1 heterocycles. The highest BCUT2D eigenvalue weighted by atomic mass is 19.2. The highest BCUT2D eigenvalue weighted by molar-refractivity contribution is 5.87. The van der Waals surface area contributed by atoms with E-state index >= 15 is 0 Å². The molecule has 0 saturated heterocycles. The average molecular weight is 401 g/mol. The monoisotopic (exact) mass is 401 g/mol. The Kier molecular flexibility index (Phi) is 5.68. The highest BCUT2D eigenvalue weighted by Crippen LogP contribution is 2.26. The molecule has 0 radical (unpaired) electrons. The van der Waals surface area contributed by atoms with Gasteiger partial charge in [-0.2, -0.15) is 0 Å². The second kappa shape index (κ2) is 8.03. The summed E-state index contributed by atoms with van der Waals surface area (Å²) in [6.07, 6.45) is 1.63. The van der Waals surface area contributed by atoms with Gasteiger partial charge in [0, 0.05) is 0 Å². The third-order valence-electron chi connectivity index (χ3n) is 4.76. The van der Waals surface area contributed by atoms with E-state index in [2.05, 4.69) is 16.9 Å². The Morgan fingerprint density at radius 2 is 1.62 bits per heavy atom. The Balaban J connectivity index is 2.04. The predicted molar refractivity (Wildman–Crippen MR) is 107 cm³/mol. The molecule has 0 amide bonds. The number of aryl methyl sites for hydroxylation is 3. The lowest BCUT2D eigenvalue weighted by Gasteiger charge is -2.30. The van der Waals surface area contributed by atoms with Gasteiger partial charge in [-0.05, 0) is 61.2 Å². The summed E-state index contributed by atoms with van der Waals surface area (Å²) in [7, 11) is 1.49. The van der Waals surface area contributed by atoms with Crippen LogP contribution in [0, 0.1) is 38.2 Å². The van der Waals surface area contributed by atoms with Crippen LogP contribution in [0.4, 0.5) is 18.9 Å². The average Bonchev–Trinajstić information content (AvgIpc) is 2.66. The van der Waals surface area contributed by atoms with E-state index in [-0.39, 0.29) is 12.1 Å². The van der Waals surface area contributed by atoms with E-state index in [0.717, 1.165) is 34.5 Å². The van der Waals surface area contributed by atoms with Crippen LogP contribution in [0.5, 0.6) is 0 Å². The number of rotatable bonds is 4. The van der Waals surface area contributed by atoms with Crippen molar-refractivity contribution in [3.63, 3.8) is 0 Å². The van der Waals surface area contributed by atoms with Crippen LogP contribution in [-0.2, 0) is 11.3 Å². The van der Waals surface area contributed by atoms with E-state index in [1.54, 1.807) is 11.1 Å². The molecule has 0 spiro atoms. The van der Waals surface area contributed by atoms with Crippen molar-refractivity contribution in [1.29, 1.82) is 0 Å². The Hall–Kier alpha value is -3.22. The lowest BCUT2D eigenvalue weighted by molar-refractivity contribution is 0.282. The van der Waals surface area contributed by atoms with Crippen LogP contribution in [0.2, 0.25) is 0 Å². The molecule has 1 aliphatic heterocycles. The first-order chi connectivity index (χ1) is 13.7. The largest absolute Gasteiger partial charge is 0.493 e. The summed E-state index contributed by atoms with van der Waals surface area (Å²) in [4.78, 5) is 6.32. The predicted octanol–water partition coefficient (Wildman–Crippen LogP) is 5.12. The molecule has 0 unspecified atom stereocenters. The molecule has 0 fully saturated rings. The number of halogens is 3. The molecule has 7 heteroatoms. The van der Waals surface area contributed by atoms with Gasteiger partial charge in [-0.1, -0.05) is 12.6 Å². The van der Waals surface area contributed by atoms with E-state index in [0.29, 0.717) is 17.4 Å². The van der Waals surface area contributed by atoms with Gasteiger partial charge in [0.05, 0.1) is 31.2 Å². The molecule has 1 N–H and O–H groups in total. The van der Waals surface area contributed by atoms with Crippen molar-refractivity contribution in [2.75, 3.05) is 7.11 Å². The number of ether oxygens (including phenoxy) is 1. The summed E-state index contributed by atoms with van der Waals surface area (Å²) in [5.41, 5.74) is 4.72. The third-order valence-corrected chi connectivity index (χ3v) is 4.76. The number of hydrogen-bond donors (Lipinski definition) is 1. The number of benzene rings is 2. The standard InChI is InChI=1S/C22H22F3N3O/c1-12-6-14(3)19(7-13(12)2)27-22-26-15(4)20(29-5)11-28(22)10-16-8-17(23)21(25)18(24)9-16/h6-9,11H,4,10H2,1-3,5H3,(H,26,27). The molecule has 0 bridgehead atoms. The molecule has 1 aliphatic rings. The van der Waals surface area contributed by atoms with Crippen molar-refractivity contribution in [1.82, 2.24) is 10.2 Å². The Labute approximate surface area is 168 Å². The van der Waals surface area contributed by atoms with Crippen LogP contribution in [0.25, 0.3) is 0 Å². The molecule has 4 nitrogen and oxygen atoms in total. The molecular formula is C22H22F3N3O. The summed E-state index contributed by atoms with van der Waals surface area (Å²) in [6, 6.07) is 5.92. The molecule has 0 saturated carbocycles. The summed E-state index contributed by atoms with van der Waals surface area (Å²) in [6.45, 7) is 9.93. The van der Waals surface area contributed by atoms with Crippen LogP contribution in [0.1, 0.15) is 22.3 Å². The fourth-order valence-electron chi connectivity index (χ4n) is 3.01. The van der Waals surface area contributed by atoms with Crippen molar-refractivity contribution >= 4 is 11.6 Å². The molecule has 0 aliphatic carbocycles. The van der Waals surface area contributed by atoms with E-state index in [1.165, 1.54) is 7.11 Å². The molecule has 152 valence electrons. The second-order valence-corrected chi connectivity index (χ2v) is 6.96. The maximum atomic E-state index is 13.6. The maximum absolute atomic E-state index is 13.6. The van der Waals surface area contributed by atoms with Gasteiger partial charge in [-0.25, -0.2) is 18.2 Å². The molecule has 29 heavy (non-hydrogen) atoms. The van der Waals surface area contributed by atoms with Crippen LogP contribution >= 0.6 is 0 Å². The zero-order valence-corrected chi connectivity index (χ0v) is 16.7. The topological polar surface area (TPSA) is 36.9 Å². The first-order valence-electron chi connectivity index (χ1n) is 8.98. The molecule has 2 aromatic rings. The summed E-state index contributed by atoms with van der Waals surface area (Å²) in [5.74, 6) is -3.12. The smallest absolute Gasteiger partial charge is 0.208 e. The number of hydrogen-bond acceptors (Lipinski definition) is 2. The van der Waals surface area contributed by atoms with Crippen molar-refractivity contribution in [2.24, 2.45) is 4.99 Å². The molecule has 2 aromatic carbocycles. The van der Waals surface area contributed by atoms with Gasteiger partial charge < -0.3 is 15.0 Å². The third kappa shape index (κ3) is 4.29. The van der Waals surface area contributed by atoms with Gasteiger partial charge in [0.25, 0.3) is 0 Å². The van der Waals surface area contributed by atoms with Crippen LogP contribution in [0.3, 0.4) is 0 Å². The van der Waals surface area contributed by atoms with Crippen LogP contribution in [0.15, 0.2) is 53.5 Å². The Morgan fingerprint density at radius 3 is 2.24 bits per heavy atom. The number of nitrogens with one attached hydrogen (secondary N) is 1. The molecule has 0 aromatic heterocycles. The SMILES string of the molecule is C=C1NC(=Nc2cc(C)c(C)cc2C)N(Cc2cc(F)c(F)c(F)c2)C=C1OC. The molecule has 0 atom stereocenters. The van der Waals surface area contributed by atoms with Gasteiger partial charge in [-0.15, -0.1) is 0 Å². The first-order valence-corrected chi connectivity index (χ1v) is 8.98. The fraction of sp³-hybridized carbons (Fsp3) is 0.227. The molecule has 3 rings (SSSR count). The zero-order valence-electron chi connectivity index (χ0n) is 16.7. The zero-order chi connectivity index (χ0) is 21.3. The number of methoxy groups -OCH3 is 1. The normalized spacial score (nSPS) is 15.4. The highest BCUT2D eigenvalue weighted by Gasteiger charge is 2.22. The van der Waals surface area contributed by atoms with Crippen LogP contribution < -0.4 is 5.32 Å². The van der Waals surface area contributed by atoms with Gasteiger partial charge in [0.15, 0.2) is 23.2 Å². The minimum absolute atomic E-state index is 0.0456. The minimum atomic E-state index is -1.49. The summed E-state index contributed by atoms with van der Waals surface area (Å²) in [5, 5.41) is 3.06. The number of guanidine groups is 1. The van der Waals surface area contributed by atoms with Gasteiger partial charge in [0.2, 0.25) is 5.96 Å². The Morgan fingerprint density at radius 1 is 1.00 bits per heavy atom. The first kappa shape index (κ1) is 20.5. The van der Waals surface area contributed by atoms with Crippen molar-refractivity contribution in [3.8, 4) is 0 Å². The lowest BCUT2D eigenvalue weighted by Crippen LogP contribution is -2.41. The Bertz CT molecular complexity index is 1020. The summed E-state index contributed by atoms with van der Waals surface area (Å²) < 4.78 is 45.9. The van der Waals surface area contributed by atoms with Gasteiger partial charge in [0.1, 0.15) is 0 Å². The van der Waals surface area contributed by atoms with Gasteiger partial charge in [-0.3, -0.25) is 0 Å². The van der Waals surface area contributed by atoms with E-state index in [1.807, 2.05) is 32.9 Å². The van der Waals surface area contributed by atoms with E-state index < -0.39 is 17.5 Å². The maximum Gasteiger partial charge on any atom is 0.208 e. The minimum Gasteiger partial charge on any atom is -0.493 e. The van der Waals surface area contributed by atoms with Gasteiger partial charge >= 0.3 is 0 Å². The van der Waals surface area contributed by atoms with E-state index in [4.69, 9.17) is 4.74 Å². The second-order valence-electron chi connectivity index (χ2n) is 6.96.